The van der Waals surface area contributed by atoms with Crippen molar-refractivity contribution in [3.63, 3.8) is 0 Å². The third-order valence-corrected chi connectivity index (χ3v) is 5.69. The molecule has 3 aliphatic rings. The predicted octanol–water partition coefficient (Wildman–Crippen LogP) is 1.70. The van der Waals surface area contributed by atoms with Gasteiger partial charge in [0.05, 0.1) is 6.04 Å². The van der Waals surface area contributed by atoms with Crippen LogP contribution in [0, 0.1) is 11.8 Å². The fourth-order valence-corrected chi connectivity index (χ4v) is 4.08. The summed E-state index contributed by atoms with van der Waals surface area (Å²) in [7, 11) is 0. The molecule has 1 saturated heterocycles. The van der Waals surface area contributed by atoms with Gasteiger partial charge in [0.25, 0.3) is 0 Å². The maximum atomic E-state index is 12.6. The number of aromatic nitrogens is 3. The molecule has 7 nitrogen and oxygen atoms in total. The van der Waals surface area contributed by atoms with Gasteiger partial charge in [0, 0.05) is 38.6 Å². The van der Waals surface area contributed by atoms with Crippen molar-refractivity contribution in [1.29, 1.82) is 0 Å². The Morgan fingerprint density at radius 1 is 1.24 bits per heavy atom. The summed E-state index contributed by atoms with van der Waals surface area (Å²) < 4.78 is 2.18. The predicted molar refractivity (Wildman–Crippen MR) is 95.2 cm³/mol. The first kappa shape index (κ1) is 16.8. The van der Waals surface area contributed by atoms with E-state index in [0.717, 1.165) is 56.5 Å². The van der Waals surface area contributed by atoms with E-state index in [-0.39, 0.29) is 24.0 Å². The lowest BCUT2D eigenvalue weighted by Crippen LogP contribution is -2.46. The van der Waals surface area contributed by atoms with Crippen LogP contribution in [0.3, 0.4) is 0 Å². The number of nitrogens with zero attached hydrogens (tertiary/aromatic N) is 4. The van der Waals surface area contributed by atoms with Crippen LogP contribution >= 0.6 is 0 Å². The molecule has 1 aromatic heterocycles. The van der Waals surface area contributed by atoms with Gasteiger partial charge in [-0.3, -0.25) is 0 Å². The Labute approximate surface area is 149 Å². The minimum atomic E-state index is -0.0941. The normalized spacial score (nSPS) is 24.5. The van der Waals surface area contributed by atoms with Gasteiger partial charge in [-0.05, 0) is 37.5 Å². The van der Waals surface area contributed by atoms with Crippen molar-refractivity contribution in [2.45, 2.75) is 64.6 Å². The van der Waals surface area contributed by atoms with Gasteiger partial charge in [-0.25, -0.2) is 4.79 Å². The lowest BCUT2D eigenvalue weighted by Gasteiger charge is -2.23. The molecule has 0 aromatic carbocycles. The molecule has 0 spiro atoms. The lowest BCUT2D eigenvalue weighted by molar-refractivity contribution is 0.227. The number of carbonyl (C=O) groups is 1. The highest BCUT2D eigenvalue weighted by molar-refractivity contribution is 5.74. The SMILES string of the molecule is CC(C)C(NC(=O)NC1CCN(CC2CC2)C1)c1nnc2n1CCC2. The van der Waals surface area contributed by atoms with Crippen LogP contribution < -0.4 is 10.6 Å². The first-order chi connectivity index (χ1) is 12.1. The minimum Gasteiger partial charge on any atom is -0.334 e. The zero-order chi connectivity index (χ0) is 17.4. The first-order valence-corrected chi connectivity index (χ1v) is 9.81. The molecule has 2 unspecified atom stereocenters. The minimum absolute atomic E-state index is 0.0766. The summed E-state index contributed by atoms with van der Waals surface area (Å²) in [6.07, 6.45) is 5.92. The summed E-state index contributed by atoms with van der Waals surface area (Å²) in [5, 5.41) is 15.0. The summed E-state index contributed by atoms with van der Waals surface area (Å²) in [5.74, 6) is 3.14. The second-order valence-corrected chi connectivity index (χ2v) is 8.26. The molecule has 2 amide bonds. The van der Waals surface area contributed by atoms with Crippen molar-refractivity contribution in [3.05, 3.63) is 11.6 Å². The highest BCUT2D eigenvalue weighted by Gasteiger charge is 2.31. The van der Waals surface area contributed by atoms with Crippen LogP contribution in [-0.2, 0) is 13.0 Å². The Morgan fingerprint density at radius 3 is 2.84 bits per heavy atom. The average Bonchev–Trinajstić information content (AvgIpc) is 2.96. The molecule has 0 bridgehead atoms. The molecule has 2 fully saturated rings. The Balaban J connectivity index is 1.33. The number of nitrogens with one attached hydrogen (secondary N) is 2. The molecule has 2 atom stereocenters. The fourth-order valence-electron chi connectivity index (χ4n) is 4.08. The smallest absolute Gasteiger partial charge is 0.315 e. The van der Waals surface area contributed by atoms with Crippen molar-refractivity contribution >= 4 is 6.03 Å². The van der Waals surface area contributed by atoms with Crippen LogP contribution in [0.25, 0.3) is 0 Å². The number of rotatable bonds is 6. The standard InChI is InChI=1S/C18H30N6O/c1-12(2)16(17-22-21-15-4-3-8-24(15)17)20-18(25)19-14-7-9-23(11-14)10-13-5-6-13/h12-14,16H,3-11H2,1-2H3,(H2,19,20,25). The molecular weight excluding hydrogens is 316 g/mol. The molecule has 4 rings (SSSR count). The van der Waals surface area contributed by atoms with Crippen LogP contribution in [0.4, 0.5) is 4.79 Å². The molecular formula is C18H30N6O. The number of carbonyl (C=O) groups excluding carboxylic acids is 1. The van der Waals surface area contributed by atoms with Crippen LogP contribution in [0.5, 0.6) is 0 Å². The Bertz CT molecular complexity index is 623. The van der Waals surface area contributed by atoms with Gasteiger partial charge in [-0.15, -0.1) is 10.2 Å². The van der Waals surface area contributed by atoms with E-state index in [9.17, 15) is 4.79 Å². The third-order valence-electron chi connectivity index (χ3n) is 5.69. The van der Waals surface area contributed by atoms with E-state index in [4.69, 9.17) is 0 Å². The van der Waals surface area contributed by atoms with Crippen LogP contribution in [0.15, 0.2) is 0 Å². The first-order valence-electron chi connectivity index (χ1n) is 9.81. The summed E-state index contributed by atoms with van der Waals surface area (Å²) in [5.41, 5.74) is 0. The van der Waals surface area contributed by atoms with Crippen molar-refractivity contribution in [2.24, 2.45) is 11.8 Å². The molecule has 25 heavy (non-hydrogen) atoms. The fraction of sp³-hybridized carbons (Fsp3) is 0.833. The highest BCUT2D eigenvalue weighted by Crippen LogP contribution is 2.30. The zero-order valence-electron chi connectivity index (χ0n) is 15.4. The Kier molecular flexibility index (Phi) is 4.67. The van der Waals surface area contributed by atoms with Crippen LogP contribution in [0.2, 0.25) is 0 Å². The number of aryl methyl sites for hydroxylation is 1. The van der Waals surface area contributed by atoms with E-state index in [2.05, 4.69) is 44.1 Å². The lowest BCUT2D eigenvalue weighted by atomic mass is 10.0. The maximum absolute atomic E-state index is 12.6. The van der Waals surface area contributed by atoms with Gasteiger partial charge < -0.3 is 20.1 Å². The summed E-state index contributed by atoms with van der Waals surface area (Å²) in [6.45, 7) is 8.50. The quantitative estimate of drug-likeness (QED) is 0.822. The van der Waals surface area contributed by atoms with Crippen molar-refractivity contribution in [2.75, 3.05) is 19.6 Å². The van der Waals surface area contributed by atoms with Crippen LogP contribution in [0.1, 0.15) is 57.2 Å². The molecule has 7 heteroatoms. The molecule has 138 valence electrons. The molecule has 2 N–H and O–H groups in total. The van der Waals surface area contributed by atoms with Gasteiger partial charge in [0.2, 0.25) is 0 Å². The van der Waals surface area contributed by atoms with Gasteiger partial charge in [0.1, 0.15) is 5.82 Å². The number of amides is 2. The topological polar surface area (TPSA) is 75.1 Å². The summed E-state index contributed by atoms with van der Waals surface area (Å²) in [6, 6.07) is 0.0892. The number of likely N-dealkylation sites (tertiary alicyclic amines) is 1. The Hall–Kier alpha value is -1.63. The molecule has 0 radical (unpaired) electrons. The average molecular weight is 346 g/mol. The van der Waals surface area contributed by atoms with E-state index in [0.29, 0.717) is 0 Å². The number of hydrogen-bond acceptors (Lipinski definition) is 4. The van der Waals surface area contributed by atoms with Crippen LogP contribution in [-0.4, -0.2) is 51.4 Å². The monoisotopic (exact) mass is 346 g/mol. The van der Waals surface area contributed by atoms with Crippen molar-refractivity contribution in [1.82, 2.24) is 30.3 Å². The second-order valence-electron chi connectivity index (χ2n) is 8.26. The van der Waals surface area contributed by atoms with Gasteiger partial charge in [-0.1, -0.05) is 13.8 Å². The van der Waals surface area contributed by atoms with E-state index in [1.165, 1.54) is 19.4 Å². The van der Waals surface area contributed by atoms with Crippen molar-refractivity contribution < 1.29 is 4.79 Å². The zero-order valence-corrected chi connectivity index (χ0v) is 15.4. The highest BCUT2D eigenvalue weighted by atomic mass is 16.2. The van der Waals surface area contributed by atoms with Crippen molar-refractivity contribution in [3.8, 4) is 0 Å². The Morgan fingerprint density at radius 2 is 2.08 bits per heavy atom. The van der Waals surface area contributed by atoms with E-state index in [1.54, 1.807) is 0 Å². The molecule has 1 aromatic rings. The largest absolute Gasteiger partial charge is 0.334 e. The second kappa shape index (κ2) is 6.94. The van der Waals surface area contributed by atoms with Gasteiger partial charge in [-0.2, -0.15) is 0 Å². The van der Waals surface area contributed by atoms with E-state index in [1.807, 2.05) is 0 Å². The molecule has 2 aliphatic heterocycles. The van der Waals surface area contributed by atoms with E-state index < -0.39 is 0 Å². The number of hydrogen-bond donors (Lipinski definition) is 2. The molecule has 1 aliphatic carbocycles. The number of fused-ring (bicyclic) bond motifs is 1. The molecule has 1 saturated carbocycles. The maximum Gasteiger partial charge on any atom is 0.315 e. The summed E-state index contributed by atoms with van der Waals surface area (Å²) >= 11 is 0. The van der Waals surface area contributed by atoms with Gasteiger partial charge in [0.15, 0.2) is 5.82 Å². The third kappa shape index (κ3) is 3.81. The van der Waals surface area contributed by atoms with E-state index >= 15 is 0 Å². The number of urea groups is 1. The van der Waals surface area contributed by atoms with Gasteiger partial charge >= 0.3 is 6.03 Å². The molecule has 3 heterocycles. The summed E-state index contributed by atoms with van der Waals surface area (Å²) in [4.78, 5) is 15.0.